The molecule has 0 radical (unpaired) electrons. The summed E-state index contributed by atoms with van der Waals surface area (Å²) >= 11 is 0. The zero-order chi connectivity index (χ0) is 29.2. The normalized spacial score (nSPS) is 29.0. The van der Waals surface area contributed by atoms with Gasteiger partial charge in [0, 0.05) is 67.0 Å². The topological polar surface area (TPSA) is 94.5 Å². The van der Waals surface area contributed by atoms with E-state index < -0.39 is 11.8 Å². The van der Waals surface area contributed by atoms with Crippen LogP contribution in [0.4, 0.5) is 14.5 Å². The number of hydrogen-bond acceptors (Lipinski definition) is 7. The van der Waals surface area contributed by atoms with Crippen molar-refractivity contribution in [3.63, 3.8) is 0 Å². The summed E-state index contributed by atoms with van der Waals surface area (Å²) in [5, 5.41) is 4.28. The fourth-order valence-electron chi connectivity index (χ4n) is 7.85. The molecule has 1 aromatic carbocycles. The first kappa shape index (κ1) is 27.4. The number of carbonyl (C=O) groups is 1. The van der Waals surface area contributed by atoms with Crippen molar-refractivity contribution in [1.82, 2.24) is 15.1 Å². The smallest absolute Gasteiger partial charge is 0.249 e. The molecular weight excluding hydrogens is 554 g/mol. The van der Waals surface area contributed by atoms with Crippen LogP contribution in [0.3, 0.4) is 0 Å². The number of carbonyl (C=O) groups excluding carboxylic acids is 1. The van der Waals surface area contributed by atoms with Crippen LogP contribution in [0.25, 0.3) is 11.3 Å². The summed E-state index contributed by atoms with van der Waals surface area (Å²) in [6.07, 6.45) is 10.7. The van der Waals surface area contributed by atoms with Crippen LogP contribution in [-0.4, -0.2) is 46.7 Å². The average molecular weight is 593 g/mol. The van der Waals surface area contributed by atoms with E-state index in [1.807, 2.05) is 24.3 Å². The fourth-order valence-corrected chi connectivity index (χ4v) is 7.85. The maximum absolute atomic E-state index is 13.9. The number of oxazole rings is 1. The van der Waals surface area contributed by atoms with Crippen molar-refractivity contribution in [2.24, 2.45) is 11.3 Å². The molecule has 3 heterocycles. The van der Waals surface area contributed by atoms with Gasteiger partial charge in [-0.1, -0.05) is 17.3 Å². The zero-order valence-corrected chi connectivity index (χ0v) is 24.4. The number of halogens is 2. The van der Waals surface area contributed by atoms with E-state index in [0.717, 1.165) is 87.2 Å². The summed E-state index contributed by atoms with van der Waals surface area (Å²) in [6.45, 7) is 1.93. The molecule has 6 fully saturated rings. The SMILES string of the molecule is O=C(C1CC(F)(F)C1)N(CC12CCC(c3nc(C4CC4)no3)(CC1)CC2)c1cccc(-c2cnc(C3CCOCC3)o2)c1. The molecule has 0 unspecified atom stereocenters. The van der Waals surface area contributed by atoms with Crippen LogP contribution < -0.4 is 4.90 Å². The molecule has 0 atom stereocenters. The number of nitrogens with zero attached hydrogens (tertiary/aromatic N) is 4. The molecule has 1 aliphatic heterocycles. The highest BCUT2D eigenvalue weighted by molar-refractivity contribution is 5.96. The van der Waals surface area contributed by atoms with Crippen molar-refractivity contribution < 1.29 is 27.3 Å². The van der Waals surface area contributed by atoms with Gasteiger partial charge >= 0.3 is 0 Å². The van der Waals surface area contributed by atoms with E-state index in [0.29, 0.717) is 37.3 Å². The molecule has 3 aromatic rings. The van der Waals surface area contributed by atoms with Crippen molar-refractivity contribution in [2.75, 3.05) is 24.7 Å². The second-order valence-electron chi connectivity index (χ2n) is 13.9. The van der Waals surface area contributed by atoms with Gasteiger partial charge in [0.25, 0.3) is 0 Å². The number of anilines is 1. The molecule has 8 nitrogen and oxygen atoms in total. The summed E-state index contributed by atoms with van der Waals surface area (Å²) in [5.74, 6) is 0.0717. The van der Waals surface area contributed by atoms with Gasteiger partial charge in [-0.05, 0) is 81.8 Å². The molecule has 2 aromatic heterocycles. The number of alkyl halides is 2. The molecular formula is C33H38F2N4O4. The molecule has 2 bridgehead atoms. The minimum absolute atomic E-state index is 0.0680. The number of aromatic nitrogens is 3. The number of amides is 1. The molecule has 0 N–H and O–H groups in total. The minimum atomic E-state index is -2.76. The van der Waals surface area contributed by atoms with Crippen LogP contribution in [0.2, 0.25) is 0 Å². The third kappa shape index (κ3) is 5.09. The first-order chi connectivity index (χ1) is 20.8. The Hall–Kier alpha value is -3.14. The standard InChI is InChI=1S/C33H38F2N4O4/c34-33(35)17-24(18-33)29(40)39(25-3-1-2-23(16-25)26-19-36-28(42-26)22-6-14-41-15-7-22)20-31-8-11-32(12-9-31,13-10-31)30-37-27(38-43-30)21-4-5-21/h1-3,16,19,21-22,24H,4-15,17-18,20H2. The van der Waals surface area contributed by atoms with E-state index in [4.69, 9.17) is 18.7 Å². The van der Waals surface area contributed by atoms with Crippen molar-refractivity contribution in [3.8, 4) is 11.3 Å². The van der Waals surface area contributed by atoms with Gasteiger partial charge in [-0.25, -0.2) is 13.8 Å². The van der Waals surface area contributed by atoms with Gasteiger partial charge in [-0.2, -0.15) is 4.98 Å². The summed E-state index contributed by atoms with van der Waals surface area (Å²) in [6, 6.07) is 7.73. The van der Waals surface area contributed by atoms with Crippen LogP contribution in [0.15, 0.2) is 39.4 Å². The number of hydrogen-bond donors (Lipinski definition) is 0. The van der Waals surface area contributed by atoms with Crippen LogP contribution in [0, 0.1) is 11.3 Å². The van der Waals surface area contributed by atoms with E-state index in [1.54, 1.807) is 11.1 Å². The molecule has 9 rings (SSSR count). The summed E-state index contributed by atoms with van der Waals surface area (Å²) in [4.78, 5) is 25.1. The highest BCUT2D eigenvalue weighted by Crippen LogP contribution is 2.58. The summed E-state index contributed by atoms with van der Waals surface area (Å²) < 4.78 is 45.3. The second-order valence-corrected chi connectivity index (χ2v) is 13.9. The Kier molecular flexibility index (Phi) is 6.51. The largest absolute Gasteiger partial charge is 0.440 e. The van der Waals surface area contributed by atoms with Crippen molar-refractivity contribution >= 4 is 11.6 Å². The molecule has 43 heavy (non-hydrogen) atoms. The summed E-state index contributed by atoms with van der Waals surface area (Å²) in [5.41, 5.74) is 1.40. The van der Waals surface area contributed by atoms with Crippen molar-refractivity contribution in [1.29, 1.82) is 0 Å². The van der Waals surface area contributed by atoms with Crippen LogP contribution in [0.1, 0.15) is 106 Å². The molecule has 1 amide bonds. The lowest BCUT2D eigenvalue weighted by Gasteiger charge is -2.53. The highest BCUT2D eigenvalue weighted by atomic mass is 19.3. The first-order valence-electron chi connectivity index (χ1n) is 16.0. The quantitative estimate of drug-likeness (QED) is 0.274. The highest BCUT2D eigenvalue weighted by Gasteiger charge is 2.55. The van der Waals surface area contributed by atoms with Crippen molar-refractivity contribution in [2.45, 2.75) is 100 Å². The third-order valence-electron chi connectivity index (χ3n) is 11.0. The maximum atomic E-state index is 13.9. The number of ether oxygens (including phenoxy) is 1. The van der Waals surface area contributed by atoms with Crippen LogP contribution in [0.5, 0.6) is 0 Å². The number of benzene rings is 1. The second kappa shape index (κ2) is 10.2. The lowest BCUT2D eigenvalue weighted by atomic mass is 9.53. The molecule has 5 aliphatic carbocycles. The van der Waals surface area contributed by atoms with Crippen molar-refractivity contribution in [3.05, 3.63) is 48.1 Å². The lowest BCUT2D eigenvalue weighted by molar-refractivity contribution is -0.148. The number of fused-ring (bicyclic) bond motifs is 3. The molecule has 228 valence electrons. The predicted octanol–water partition coefficient (Wildman–Crippen LogP) is 7.17. The predicted molar refractivity (Wildman–Crippen MR) is 153 cm³/mol. The Labute approximate surface area is 249 Å². The Balaban J connectivity index is 1.04. The van der Waals surface area contributed by atoms with E-state index >= 15 is 0 Å². The molecule has 10 heteroatoms. The van der Waals surface area contributed by atoms with Crippen LogP contribution >= 0.6 is 0 Å². The van der Waals surface area contributed by atoms with E-state index in [9.17, 15) is 13.6 Å². The average Bonchev–Trinajstić information content (AvgIpc) is 3.53. The van der Waals surface area contributed by atoms with Gasteiger partial charge in [0.2, 0.25) is 17.7 Å². The Morgan fingerprint density at radius 2 is 1.72 bits per heavy atom. The van der Waals surface area contributed by atoms with Gasteiger partial charge in [-0.3, -0.25) is 4.79 Å². The Bertz CT molecular complexity index is 1480. The monoisotopic (exact) mass is 592 g/mol. The maximum Gasteiger partial charge on any atom is 0.249 e. The minimum Gasteiger partial charge on any atom is -0.440 e. The molecule has 0 spiro atoms. The third-order valence-corrected chi connectivity index (χ3v) is 11.0. The molecule has 6 aliphatic rings. The molecule has 5 saturated carbocycles. The Morgan fingerprint density at radius 1 is 0.977 bits per heavy atom. The van der Waals surface area contributed by atoms with Gasteiger partial charge < -0.3 is 18.6 Å². The van der Waals surface area contributed by atoms with E-state index in [-0.39, 0.29) is 35.5 Å². The van der Waals surface area contributed by atoms with Crippen LogP contribution in [-0.2, 0) is 14.9 Å². The van der Waals surface area contributed by atoms with Gasteiger partial charge in [0.15, 0.2) is 17.5 Å². The fraction of sp³-hybridized carbons (Fsp3) is 0.636. The zero-order valence-electron chi connectivity index (χ0n) is 24.4. The van der Waals surface area contributed by atoms with Gasteiger partial charge in [0.1, 0.15) is 0 Å². The van der Waals surface area contributed by atoms with Gasteiger partial charge in [0.05, 0.1) is 6.20 Å². The van der Waals surface area contributed by atoms with E-state index in [2.05, 4.69) is 10.1 Å². The Morgan fingerprint density at radius 3 is 2.42 bits per heavy atom. The number of rotatable bonds is 8. The molecule has 1 saturated heterocycles. The van der Waals surface area contributed by atoms with Gasteiger partial charge in [-0.15, -0.1) is 0 Å². The van der Waals surface area contributed by atoms with E-state index in [1.165, 1.54) is 0 Å². The lowest BCUT2D eigenvalue weighted by Crippen LogP contribution is -2.53. The summed E-state index contributed by atoms with van der Waals surface area (Å²) in [7, 11) is 0. The first-order valence-corrected chi connectivity index (χ1v) is 16.0.